The van der Waals surface area contributed by atoms with Gasteiger partial charge in [0.1, 0.15) is 0 Å². The molecule has 0 spiro atoms. The van der Waals surface area contributed by atoms with Crippen LogP contribution in [0.25, 0.3) is 21.8 Å². The summed E-state index contributed by atoms with van der Waals surface area (Å²) in [5, 5.41) is 5.01. The number of benzene rings is 2. The molecule has 136 valence electrons. The highest BCUT2D eigenvalue weighted by Crippen LogP contribution is 2.23. The lowest BCUT2D eigenvalue weighted by molar-refractivity contribution is -0.115. The Kier molecular flexibility index (Phi) is 4.07. The molecule has 0 bridgehead atoms. The molecule has 5 nitrogen and oxygen atoms in total. The molecule has 0 unspecified atom stereocenters. The molecular formula is C22H21N3O2. The number of fused-ring (bicyclic) bond motifs is 2. The van der Waals surface area contributed by atoms with Gasteiger partial charge in [0.05, 0.1) is 11.9 Å². The molecule has 2 heterocycles. The topological polar surface area (TPSA) is 66.9 Å². The Balaban J connectivity index is 1.61. The SMILES string of the molecule is Cc1c(C)c2ccc(NC(=O)Cc3cn(C)c4ccccc34)cc2[nH]c1=O. The summed E-state index contributed by atoms with van der Waals surface area (Å²) < 4.78 is 2.03. The number of aromatic nitrogens is 2. The summed E-state index contributed by atoms with van der Waals surface area (Å²) in [5.41, 5.74) is 5.08. The summed E-state index contributed by atoms with van der Waals surface area (Å²) in [5.74, 6) is -0.0862. The zero-order valence-electron chi connectivity index (χ0n) is 15.6. The number of rotatable bonds is 3. The van der Waals surface area contributed by atoms with E-state index in [0.717, 1.165) is 38.5 Å². The van der Waals surface area contributed by atoms with Crippen molar-refractivity contribution in [3.05, 3.63) is 75.7 Å². The van der Waals surface area contributed by atoms with Gasteiger partial charge in [0, 0.05) is 40.8 Å². The van der Waals surface area contributed by atoms with Gasteiger partial charge >= 0.3 is 0 Å². The molecule has 0 aliphatic rings. The molecule has 0 saturated carbocycles. The molecule has 2 aromatic heterocycles. The van der Waals surface area contributed by atoms with Crippen LogP contribution in [0.5, 0.6) is 0 Å². The molecule has 5 heteroatoms. The number of carbonyl (C=O) groups excluding carboxylic acids is 1. The van der Waals surface area contributed by atoms with E-state index in [9.17, 15) is 9.59 Å². The Hall–Kier alpha value is -3.34. The van der Waals surface area contributed by atoms with E-state index in [2.05, 4.69) is 10.3 Å². The van der Waals surface area contributed by atoms with Crippen molar-refractivity contribution in [1.29, 1.82) is 0 Å². The first-order valence-corrected chi connectivity index (χ1v) is 8.90. The molecular weight excluding hydrogens is 338 g/mol. The van der Waals surface area contributed by atoms with Gasteiger partial charge in [-0.1, -0.05) is 24.3 Å². The Morgan fingerprint density at radius 3 is 2.67 bits per heavy atom. The first-order chi connectivity index (χ1) is 12.9. The standard InChI is InChI=1S/C22H21N3O2/c1-13-14(2)22(27)24-19-11-16(8-9-17(13)19)23-21(26)10-15-12-25(3)20-7-5-4-6-18(15)20/h4-9,11-12H,10H2,1-3H3,(H,23,26)(H,24,27). The van der Waals surface area contributed by atoms with E-state index in [4.69, 9.17) is 0 Å². The van der Waals surface area contributed by atoms with Crippen LogP contribution in [0.1, 0.15) is 16.7 Å². The van der Waals surface area contributed by atoms with Gasteiger partial charge in [-0.3, -0.25) is 9.59 Å². The van der Waals surface area contributed by atoms with Gasteiger partial charge < -0.3 is 14.9 Å². The smallest absolute Gasteiger partial charge is 0.251 e. The first-order valence-electron chi connectivity index (χ1n) is 8.90. The van der Waals surface area contributed by atoms with E-state index in [1.54, 1.807) is 0 Å². The van der Waals surface area contributed by atoms with Gasteiger partial charge in [-0.15, -0.1) is 0 Å². The van der Waals surface area contributed by atoms with Crippen LogP contribution in [-0.2, 0) is 18.3 Å². The normalized spacial score (nSPS) is 11.2. The van der Waals surface area contributed by atoms with Crippen LogP contribution in [0.15, 0.2) is 53.5 Å². The maximum Gasteiger partial charge on any atom is 0.251 e. The number of amides is 1. The van der Waals surface area contributed by atoms with Crippen molar-refractivity contribution < 1.29 is 4.79 Å². The molecule has 1 amide bonds. The highest BCUT2D eigenvalue weighted by Gasteiger charge is 2.12. The van der Waals surface area contributed by atoms with E-state index in [-0.39, 0.29) is 11.5 Å². The lowest BCUT2D eigenvalue weighted by Gasteiger charge is -2.09. The number of nitrogens with zero attached hydrogens (tertiary/aromatic N) is 1. The molecule has 4 aromatic rings. The van der Waals surface area contributed by atoms with Crippen LogP contribution >= 0.6 is 0 Å². The van der Waals surface area contributed by atoms with E-state index in [1.165, 1.54) is 0 Å². The lowest BCUT2D eigenvalue weighted by atomic mass is 10.1. The molecule has 4 rings (SSSR count). The van der Waals surface area contributed by atoms with Crippen molar-refractivity contribution in [1.82, 2.24) is 9.55 Å². The van der Waals surface area contributed by atoms with Crippen molar-refractivity contribution in [2.75, 3.05) is 5.32 Å². The monoisotopic (exact) mass is 359 g/mol. The lowest BCUT2D eigenvalue weighted by Crippen LogP contribution is -2.15. The largest absolute Gasteiger partial charge is 0.350 e. The quantitative estimate of drug-likeness (QED) is 0.584. The van der Waals surface area contributed by atoms with Crippen LogP contribution in [0.3, 0.4) is 0 Å². The second-order valence-electron chi connectivity index (χ2n) is 6.97. The van der Waals surface area contributed by atoms with Gasteiger partial charge in [0.15, 0.2) is 0 Å². The summed E-state index contributed by atoms with van der Waals surface area (Å²) in [4.78, 5) is 27.5. The summed E-state index contributed by atoms with van der Waals surface area (Å²) >= 11 is 0. The zero-order valence-corrected chi connectivity index (χ0v) is 15.6. The minimum absolute atomic E-state index is 0.0862. The van der Waals surface area contributed by atoms with Crippen LogP contribution in [0.2, 0.25) is 0 Å². The maximum absolute atomic E-state index is 12.6. The van der Waals surface area contributed by atoms with Gasteiger partial charge in [-0.05, 0) is 43.2 Å². The Morgan fingerprint density at radius 2 is 1.85 bits per heavy atom. The predicted molar refractivity (Wildman–Crippen MR) is 109 cm³/mol. The molecule has 0 atom stereocenters. The minimum atomic E-state index is -0.0979. The fraction of sp³-hybridized carbons (Fsp3) is 0.182. The third-order valence-electron chi connectivity index (χ3n) is 5.19. The first kappa shape index (κ1) is 17.1. The van der Waals surface area contributed by atoms with Crippen molar-refractivity contribution in [3.8, 4) is 0 Å². The molecule has 0 radical (unpaired) electrons. The van der Waals surface area contributed by atoms with E-state index >= 15 is 0 Å². The Morgan fingerprint density at radius 1 is 1.07 bits per heavy atom. The third kappa shape index (κ3) is 3.01. The molecule has 0 fully saturated rings. The van der Waals surface area contributed by atoms with Gasteiger partial charge in [-0.2, -0.15) is 0 Å². The fourth-order valence-electron chi connectivity index (χ4n) is 3.59. The average Bonchev–Trinajstić information content (AvgIpc) is 2.95. The highest BCUT2D eigenvalue weighted by molar-refractivity contribution is 5.97. The number of pyridine rings is 1. The van der Waals surface area contributed by atoms with Crippen molar-refractivity contribution in [3.63, 3.8) is 0 Å². The fourth-order valence-corrected chi connectivity index (χ4v) is 3.59. The molecule has 0 aliphatic carbocycles. The number of anilines is 1. The van der Waals surface area contributed by atoms with Crippen LogP contribution < -0.4 is 10.9 Å². The highest BCUT2D eigenvalue weighted by atomic mass is 16.1. The third-order valence-corrected chi connectivity index (χ3v) is 5.19. The van der Waals surface area contributed by atoms with Crippen LogP contribution in [-0.4, -0.2) is 15.5 Å². The zero-order chi connectivity index (χ0) is 19.1. The van der Waals surface area contributed by atoms with Gasteiger partial charge in [0.25, 0.3) is 5.56 Å². The van der Waals surface area contributed by atoms with E-state index < -0.39 is 0 Å². The second kappa shape index (κ2) is 6.43. The number of nitrogens with one attached hydrogen (secondary N) is 2. The number of hydrogen-bond acceptors (Lipinski definition) is 2. The van der Waals surface area contributed by atoms with Crippen LogP contribution in [0.4, 0.5) is 5.69 Å². The minimum Gasteiger partial charge on any atom is -0.350 e. The van der Waals surface area contributed by atoms with Crippen molar-refractivity contribution in [2.45, 2.75) is 20.3 Å². The number of aromatic amines is 1. The average molecular weight is 359 g/mol. The van der Waals surface area contributed by atoms with E-state index in [1.807, 2.05) is 74.1 Å². The van der Waals surface area contributed by atoms with Gasteiger partial charge in [-0.25, -0.2) is 0 Å². The summed E-state index contributed by atoms with van der Waals surface area (Å²) in [6, 6.07) is 13.7. The summed E-state index contributed by atoms with van der Waals surface area (Å²) in [6.07, 6.45) is 2.29. The van der Waals surface area contributed by atoms with Crippen LogP contribution in [0, 0.1) is 13.8 Å². The van der Waals surface area contributed by atoms with Gasteiger partial charge in [0.2, 0.25) is 5.91 Å². The molecule has 2 aromatic carbocycles. The summed E-state index contributed by atoms with van der Waals surface area (Å²) in [7, 11) is 1.98. The number of carbonyl (C=O) groups is 1. The number of aryl methyl sites for hydroxylation is 2. The van der Waals surface area contributed by atoms with E-state index in [0.29, 0.717) is 12.1 Å². The van der Waals surface area contributed by atoms with Crippen molar-refractivity contribution in [2.24, 2.45) is 7.05 Å². The maximum atomic E-state index is 12.6. The summed E-state index contributed by atoms with van der Waals surface area (Å²) in [6.45, 7) is 3.75. The Bertz CT molecular complexity index is 1250. The Labute approximate surface area is 156 Å². The molecule has 0 aliphatic heterocycles. The number of para-hydroxylation sites is 1. The number of H-pyrrole nitrogens is 1. The molecule has 2 N–H and O–H groups in total. The predicted octanol–water partition coefficient (Wildman–Crippen LogP) is 3.82. The van der Waals surface area contributed by atoms with Crippen molar-refractivity contribution >= 4 is 33.4 Å². The molecule has 0 saturated heterocycles. The second-order valence-corrected chi connectivity index (χ2v) is 6.97. The number of hydrogen-bond donors (Lipinski definition) is 2. The molecule has 27 heavy (non-hydrogen) atoms.